The lowest BCUT2D eigenvalue weighted by molar-refractivity contribution is -0.124. The molecule has 3 aromatic rings. The minimum absolute atomic E-state index is 0.0597. The largest absolute Gasteiger partial charge is 0.299 e. The van der Waals surface area contributed by atoms with Gasteiger partial charge in [0.1, 0.15) is 5.78 Å². The highest BCUT2D eigenvalue weighted by atomic mass is 32.1. The van der Waals surface area contributed by atoms with Gasteiger partial charge in [0.2, 0.25) is 0 Å². The average molecular weight is 431 g/mol. The SMILES string of the molecule is O=C(C1CCCC1)C(CCN1CC=C(c2csc3ccccc23)CC1)c1ccccn1. The number of nitrogens with zero attached hydrogens (tertiary/aromatic N) is 2. The third-order valence-corrected chi connectivity index (χ3v) is 7.96. The van der Waals surface area contributed by atoms with Crippen molar-refractivity contribution in [2.45, 2.75) is 44.4 Å². The van der Waals surface area contributed by atoms with E-state index in [-0.39, 0.29) is 11.8 Å². The maximum Gasteiger partial charge on any atom is 0.145 e. The number of hydrogen-bond acceptors (Lipinski definition) is 4. The monoisotopic (exact) mass is 430 g/mol. The number of carbonyl (C=O) groups is 1. The molecule has 1 unspecified atom stereocenters. The van der Waals surface area contributed by atoms with E-state index < -0.39 is 0 Å². The number of carbonyl (C=O) groups excluding carboxylic acids is 1. The van der Waals surface area contributed by atoms with Gasteiger partial charge in [0.25, 0.3) is 0 Å². The molecule has 0 N–H and O–H groups in total. The lowest BCUT2D eigenvalue weighted by Gasteiger charge is -2.28. The molecule has 0 amide bonds. The van der Waals surface area contributed by atoms with E-state index in [1.807, 2.05) is 35.7 Å². The predicted molar refractivity (Wildman–Crippen MR) is 129 cm³/mol. The molecule has 3 heterocycles. The van der Waals surface area contributed by atoms with Crippen molar-refractivity contribution in [3.05, 3.63) is 71.4 Å². The Hall–Kier alpha value is -2.30. The molecule has 0 radical (unpaired) electrons. The number of ketones is 1. The Kier molecular flexibility index (Phi) is 6.28. The molecule has 1 atom stereocenters. The zero-order valence-electron chi connectivity index (χ0n) is 18.0. The van der Waals surface area contributed by atoms with Crippen LogP contribution in [-0.2, 0) is 4.79 Å². The van der Waals surface area contributed by atoms with Gasteiger partial charge in [-0.3, -0.25) is 14.7 Å². The first-order chi connectivity index (χ1) is 15.3. The summed E-state index contributed by atoms with van der Waals surface area (Å²) in [7, 11) is 0. The molecule has 1 aliphatic heterocycles. The maximum atomic E-state index is 13.3. The van der Waals surface area contributed by atoms with Crippen LogP contribution in [0.5, 0.6) is 0 Å². The summed E-state index contributed by atoms with van der Waals surface area (Å²) >= 11 is 1.84. The first-order valence-corrected chi connectivity index (χ1v) is 12.5. The van der Waals surface area contributed by atoms with Crippen LogP contribution in [0.2, 0.25) is 0 Å². The van der Waals surface area contributed by atoms with E-state index in [1.54, 1.807) is 0 Å². The Morgan fingerprint density at radius 2 is 1.97 bits per heavy atom. The Balaban J connectivity index is 1.25. The van der Waals surface area contributed by atoms with E-state index in [1.165, 1.54) is 34.1 Å². The molecule has 1 aliphatic carbocycles. The van der Waals surface area contributed by atoms with Gasteiger partial charge in [-0.15, -0.1) is 11.3 Å². The molecule has 4 heteroatoms. The second kappa shape index (κ2) is 9.46. The van der Waals surface area contributed by atoms with Gasteiger partial charge in [0.15, 0.2) is 0 Å². The molecule has 2 aliphatic rings. The summed E-state index contributed by atoms with van der Waals surface area (Å²) in [5.41, 5.74) is 3.83. The molecule has 0 saturated heterocycles. The Morgan fingerprint density at radius 3 is 2.74 bits per heavy atom. The van der Waals surface area contributed by atoms with Crippen LogP contribution < -0.4 is 0 Å². The standard InChI is InChI=1S/C27H30N2OS/c30-27(21-7-1-2-8-21)23(25-10-5-6-15-28-25)14-18-29-16-12-20(13-17-29)24-19-31-26-11-4-3-9-22(24)26/h3-6,9-12,15,19,21,23H,1-2,7-8,13-14,16-18H2. The number of fused-ring (bicyclic) bond motifs is 1. The second-order valence-corrected chi connectivity index (χ2v) is 9.82. The number of pyridine rings is 1. The normalized spacial score (nSPS) is 18.9. The van der Waals surface area contributed by atoms with E-state index in [9.17, 15) is 4.79 Å². The fourth-order valence-corrected chi connectivity index (χ4v) is 6.20. The summed E-state index contributed by atoms with van der Waals surface area (Å²) in [6.07, 6.45) is 10.7. The van der Waals surface area contributed by atoms with Crippen molar-refractivity contribution in [2.24, 2.45) is 5.92 Å². The summed E-state index contributed by atoms with van der Waals surface area (Å²) in [5.74, 6) is 0.608. The van der Waals surface area contributed by atoms with Gasteiger partial charge < -0.3 is 0 Å². The van der Waals surface area contributed by atoms with E-state index in [0.717, 1.165) is 51.0 Å². The number of benzene rings is 1. The van der Waals surface area contributed by atoms with Crippen LogP contribution in [0.15, 0.2) is 60.1 Å². The van der Waals surface area contributed by atoms with Crippen LogP contribution >= 0.6 is 11.3 Å². The summed E-state index contributed by atoms with van der Waals surface area (Å²) in [6, 6.07) is 14.7. The van der Waals surface area contributed by atoms with Gasteiger partial charge in [-0.2, -0.15) is 0 Å². The van der Waals surface area contributed by atoms with Crippen LogP contribution in [-0.4, -0.2) is 35.3 Å². The minimum Gasteiger partial charge on any atom is -0.299 e. The number of thiophene rings is 1. The van der Waals surface area contributed by atoms with Crippen molar-refractivity contribution in [3.63, 3.8) is 0 Å². The second-order valence-electron chi connectivity index (χ2n) is 8.91. The van der Waals surface area contributed by atoms with E-state index in [0.29, 0.717) is 5.78 Å². The molecule has 31 heavy (non-hydrogen) atoms. The summed E-state index contributed by atoms with van der Waals surface area (Å²) < 4.78 is 1.37. The van der Waals surface area contributed by atoms with Crippen molar-refractivity contribution in [1.82, 2.24) is 9.88 Å². The highest BCUT2D eigenvalue weighted by Gasteiger charge is 2.31. The topological polar surface area (TPSA) is 33.2 Å². The summed E-state index contributed by atoms with van der Waals surface area (Å²) in [4.78, 5) is 20.3. The van der Waals surface area contributed by atoms with Crippen LogP contribution in [0.3, 0.4) is 0 Å². The molecule has 1 aromatic carbocycles. The Morgan fingerprint density at radius 1 is 1.13 bits per heavy atom. The fraction of sp³-hybridized carbons (Fsp3) is 0.407. The van der Waals surface area contributed by atoms with Crippen molar-refractivity contribution in [3.8, 4) is 0 Å². The fourth-order valence-electron chi connectivity index (χ4n) is 5.21. The molecule has 0 bridgehead atoms. The highest BCUT2D eigenvalue weighted by molar-refractivity contribution is 7.17. The van der Waals surface area contributed by atoms with Crippen LogP contribution in [0.25, 0.3) is 15.7 Å². The van der Waals surface area contributed by atoms with E-state index in [4.69, 9.17) is 0 Å². The lowest BCUT2D eigenvalue weighted by atomic mass is 9.86. The number of hydrogen-bond donors (Lipinski definition) is 0. The minimum atomic E-state index is -0.0597. The first kappa shape index (κ1) is 20.6. The molecule has 0 spiro atoms. The maximum absolute atomic E-state index is 13.3. The average Bonchev–Trinajstić information content (AvgIpc) is 3.51. The highest BCUT2D eigenvalue weighted by Crippen LogP contribution is 2.35. The van der Waals surface area contributed by atoms with E-state index >= 15 is 0 Å². The van der Waals surface area contributed by atoms with Gasteiger partial charge in [0, 0.05) is 29.9 Å². The third-order valence-electron chi connectivity index (χ3n) is 7.00. The smallest absolute Gasteiger partial charge is 0.145 e. The zero-order valence-corrected chi connectivity index (χ0v) is 18.8. The molecule has 1 fully saturated rings. The van der Waals surface area contributed by atoms with Gasteiger partial charge in [0.05, 0.1) is 11.6 Å². The molecule has 3 nitrogen and oxygen atoms in total. The number of Topliss-reactive ketones (excluding diaryl/α,β-unsaturated/α-hetero) is 1. The molecule has 1 saturated carbocycles. The van der Waals surface area contributed by atoms with Crippen molar-refractivity contribution in [1.29, 1.82) is 0 Å². The number of rotatable bonds is 7. The third kappa shape index (κ3) is 4.51. The van der Waals surface area contributed by atoms with Gasteiger partial charge >= 0.3 is 0 Å². The molecule has 160 valence electrons. The molecular formula is C27H30N2OS. The molecule has 5 rings (SSSR count). The summed E-state index contributed by atoms with van der Waals surface area (Å²) in [5, 5.41) is 3.69. The quantitative estimate of drug-likeness (QED) is 0.440. The van der Waals surface area contributed by atoms with Gasteiger partial charge in [-0.05, 0) is 72.3 Å². The van der Waals surface area contributed by atoms with Crippen LogP contribution in [0.1, 0.15) is 55.7 Å². The predicted octanol–water partition coefficient (Wildman–Crippen LogP) is 6.32. The van der Waals surface area contributed by atoms with E-state index in [2.05, 4.69) is 45.6 Å². The Bertz CT molecular complexity index is 1070. The number of aromatic nitrogens is 1. The van der Waals surface area contributed by atoms with Crippen molar-refractivity contribution < 1.29 is 4.79 Å². The zero-order chi connectivity index (χ0) is 21.0. The lowest BCUT2D eigenvalue weighted by Crippen LogP contribution is -2.32. The molecule has 2 aromatic heterocycles. The van der Waals surface area contributed by atoms with Crippen molar-refractivity contribution in [2.75, 3.05) is 19.6 Å². The first-order valence-electron chi connectivity index (χ1n) is 11.6. The van der Waals surface area contributed by atoms with Gasteiger partial charge in [-0.25, -0.2) is 0 Å². The van der Waals surface area contributed by atoms with Gasteiger partial charge in [-0.1, -0.05) is 43.2 Å². The Labute approximate surface area is 188 Å². The van der Waals surface area contributed by atoms with Crippen LogP contribution in [0.4, 0.5) is 0 Å². The summed E-state index contributed by atoms with van der Waals surface area (Å²) in [6.45, 7) is 2.97. The van der Waals surface area contributed by atoms with Crippen molar-refractivity contribution >= 4 is 32.8 Å². The molecular weight excluding hydrogens is 400 g/mol. The van der Waals surface area contributed by atoms with Crippen LogP contribution in [0, 0.1) is 5.92 Å².